The van der Waals surface area contributed by atoms with Crippen LogP contribution in [0.25, 0.3) is 0 Å². The van der Waals surface area contributed by atoms with Crippen LogP contribution >= 0.6 is 12.2 Å². The summed E-state index contributed by atoms with van der Waals surface area (Å²) in [5, 5.41) is 15.7. The molecular formula is C24H31N5O4S. The van der Waals surface area contributed by atoms with E-state index in [2.05, 4.69) is 27.1 Å². The fourth-order valence-electron chi connectivity index (χ4n) is 5.26. The van der Waals surface area contributed by atoms with E-state index in [1.165, 1.54) is 39.2 Å². The molecule has 1 aliphatic carbocycles. The van der Waals surface area contributed by atoms with E-state index in [1.54, 1.807) is 18.2 Å². The molecule has 2 saturated heterocycles. The van der Waals surface area contributed by atoms with Gasteiger partial charge in [-0.1, -0.05) is 43.4 Å². The van der Waals surface area contributed by atoms with Crippen LogP contribution in [0.2, 0.25) is 0 Å². The van der Waals surface area contributed by atoms with Crippen LogP contribution in [0.15, 0.2) is 30.5 Å². The van der Waals surface area contributed by atoms with Crippen molar-refractivity contribution in [3.63, 3.8) is 0 Å². The Morgan fingerprint density at radius 2 is 2.03 bits per heavy atom. The lowest BCUT2D eigenvalue weighted by Gasteiger charge is -2.20. The number of methoxy groups -OCH3 is 1. The largest absolute Gasteiger partial charge is 0.465 e. The van der Waals surface area contributed by atoms with Crippen LogP contribution in [0.4, 0.5) is 5.69 Å². The molecule has 2 aromatic rings. The van der Waals surface area contributed by atoms with Crippen molar-refractivity contribution in [3.05, 3.63) is 41.7 Å². The Labute approximate surface area is 204 Å². The molecule has 0 unspecified atom stereocenters. The highest BCUT2D eigenvalue weighted by molar-refractivity contribution is 7.80. The highest BCUT2D eigenvalue weighted by Gasteiger charge is 2.49. The third kappa shape index (κ3) is 5.08. The summed E-state index contributed by atoms with van der Waals surface area (Å²) in [6.07, 6.45) is 9.44. The number of rotatable bonds is 6. The van der Waals surface area contributed by atoms with Gasteiger partial charge in [0.25, 0.3) is 0 Å². The molecule has 4 atom stereocenters. The van der Waals surface area contributed by atoms with E-state index in [0.29, 0.717) is 29.6 Å². The first-order valence-corrected chi connectivity index (χ1v) is 12.4. The van der Waals surface area contributed by atoms with Crippen LogP contribution in [0.5, 0.6) is 0 Å². The highest BCUT2D eigenvalue weighted by Crippen LogP contribution is 2.34. The molecule has 2 aliphatic heterocycles. The number of benzene rings is 1. The number of nitrogens with one attached hydrogen (secondary N) is 2. The number of carbonyl (C=O) groups excluding carboxylic acids is 1. The average molecular weight is 486 g/mol. The van der Waals surface area contributed by atoms with Gasteiger partial charge in [0.15, 0.2) is 5.11 Å². The van der Waals surface area contributed by atoms with Crippen LogP contribution in [-0.4, -0.2) is 64.6 Å². The number of carbonyl (C=O) groups is 1. The number of hydrogen-bond donors (Lipinski definition) is 2. The van der Waals surface area contributed by atoms with Crippen molar-refractivity contribution >= 4 is 29.0 Å². The van der Waals surface area contributed by atoms with Gasteiger partial charge in [0.2, 0.25) is 0 Å². The molecule has 9 nitrogen and oxygen atoms in total. The molecule has 182 valence electrons. The minimum atomic E-state index is -0.394. The maximum Gasteiger partial charge on any atom is 0.337 e. The van der Waals surface area contributed by atoms with Gasteiger partial charge >= 0.3 is 5.97 Å². The van der Waals surface area contributed by atoms with E-state index in [1.807, 2.05) is 10.7 Å². The molecule has 1 aromatic heterocycles. The Balaban J connectivity index is 1.16. The second-order valence-electron chi connectivity index (χ2n) is 9.34. The number of esters is 1. The minimum absolute atomic E-state index is 0.00248. The first-order chi connectivity index (χ1) is 16.6. The number of hydrogen-bond acceptors (Lipinski definition) is 7. The van der Waals surface area contributed by atoms with Gasteiger partial charge in [-0.25, -0.2) is 9.48 Å². The minimum Gasteiger partial charge on any atom is -0.465 e. The topological polar surface area (TPSA) is 99.5 Å². The number of fused-ring (bicyclic) bond motifs is 1. The Hall–Kier alpha value is -2.56. The van der Waals surface area contributed by atoms with E-state index < -0.39 is 5.97 Å². The highest BCUT2D eigenvalue weighted by atomic mass is 32.1. The van der Waals surface area contributed by atoms with E-state index in [4.69, 9.17) is 26.4 Å². The van der Waals surface area contributed by atoms with Gasteiger partial charge in [-0.3, -0.25) is 0 Å². The van der Waals surface area contributed by atoms with Crippen molar-refractivity contribution < 1.29 is 19.0 Å². The fraction of sp³-hybridized carbons (Fsp3) is 0.583. The van der Waals surface area contributed by atoms with Gasteiger partial charge < -0.3 is 24.8 Å². The second kappa shape index (κ2) is 10.4. The Morgan fingerprint density at radius 1 is 1.21 bits per heavy atom. The molecule has 3 heterocycles. The normalized spacial score (nSPS) is 26.7. The van der Waals surface area contributed by atoms with Crippen molar-refractivity contribution in [2.45, 2.75) is 62.8 Å². The Bertz CT molecular complexity index is 1020. The van der Waals surface area contributed by atoms with E-state index in [-0.39, 0.29) is 24.3 Å². The Kier molecular flexibility index (Phi) is 7.07. The van der Waals surface area contributed by atoms with Crippen molar-refractivity contribution in [1.29, 1.82) is 0 Å². The number of nitrogens with zero attached hydrogens (tertiary/aromatic N) is 3. The number of aromatic nitrogens is 3. The molecule has 5 rings (SSSR count). The summed E-state index contributed by atoms with van der Waals surface area (Å²) in [7, 11) is 1.36. The van der Waals surface area contributed by atoms with E-state index >= 15 is 0 Å². The van der Waals surface area contributed by atoms with Gasteiger partial charge in [0.1, 0.15) is 18.2 Å². The van der Waals surface area contributed by atoms with E-state index in [0.717, 1.165) is 18.0 Å². The summed E-state index contributed by atoms with van der Waals surface area (Å²) in [6.45, 7) is 1.01. The fourth-order valence-corrected chi connectivity index (χ4v) is 5.53. The second-order valence-corrected chi connectivity index (χ2v) is 9.75. The SMILES string of the molecule is COC(=O)c1cccc(NC(=S)N[C@@H]2CO[C@@H]3[C@@H]2OC[C@@H]3n2cc(CC3CCCCC3)nn2)c1. The van der Waals surface area contributed by atoms with Crippen molar-refractivity contribution in [2.75, 3.05) is 25.6 Å². The zero-order valence-electron chi connectivity index (χ0n) is 19.3. The molecular weight excluding hydrogens is 454 g/mol. The summed E-state index contributed by atoms with van der Waals surface area (Å²) in [4.78, 5) is 11.8. The monoisotopic (exact) mass is 485 g/mol. The lowest BCUT2D eigenvalue weighted by molar-refractivity contribution is 0.0600. The summed E-state index contributed by atoms with van der Waals surface area (Å²) < 4.78 is 18.9. The maximum absolute atomic E-state index is 11.8. The Morgan fingerprint density at radius 3 is 2.85 bits per heavy atom. The van der Waals surface area contributed by atoms with Crippen molar-refractivity contribution in [1.82, 2.24) is 20.3 Å². The quantitative estimate of drug-likeness (QED) is 0.473. The molecule has 1 saturated carbocycles. The van der Waals surface area contributed by atoms with Crippen LogP contribution in [-0.2, 0) is 20.6 Å². The molecule has 2 N–H and O–H groups in total. The molecule has 0 spiro atoms. The molecule has 34 heavy (non-hydrogen) atoms. The van der Waals surface area contributed by atoms with Crippen molar-refractivity contribution in [2.24, 2.45) is 5.92 Å². The smallest absolute Gasteiger partial charge is 0.337 e. The summed E-state index contributed by atoms with van der Waals surface area (Å²) in [5.74, 6) is 0.333. The molecule has 3 fully saturated rings. The van der Waals surface area contributed by atoms with Crippen LogP contribution in [0.3, 0.4) is 0 Å². The first kappa shape index (κ1) is 23.2. The lowest BCUT2D eigenvalue weighted by Crippen LogP contribution is -2.45. The average Bonchev–Trinajstić information content (AvgIpc) is 3.57. The molecule has 0 amide bonds. The van der Waals surface area contributed by atoms with Crippen LogP contribution in [0.1, 0.15) is 54.2 Å². The van der Waals surface area contributed by atoms with Crippen molar-refractivity contribution in [3.8, 4) is 0 Å². The zero-order chi connectivity index (χ0) is 23.5. The third-order valence-electron chi connectivity index (χ3n) is 7.01. The van der Waals surface area contributed by atoms with E-state index in [9.17, 15) is 4.79 Å². The predicted molar refractivity (Wildman–Crippen MR) is 130 cm³/mol. The number of anilines is 1. The third-order valence-corrected chi connectivity index (χ3v) is 7.23. The molecule has 3 aliphatic rings. The molecule has 1 aromatic carbocycles. The summed E-state index contributed by atoms with van der Waals surface area (Å²) in [6, 6.07) is 6.93. The summed E-state index contributed by atoms with van der Waals surface area (Å²) in [5.41, 5.74) is 2.22. The van der Waals surface area contributed by atoms with Gasteiger partial charge in [0.05, 0.1) is 37.6 Å². The number of ether oxygens (including phenoxy) is 3. The maximum atomic E-state index is 11.8. The van der Waals surface area contributed by atoms with Crippen LogP contribution in [0, 0.1) is 5.92 Å². The van der Waals surface area contributed by atoms with Gasteiger partial charge in [-0.05, 0) is 42.8 Å². The molecule has 0 radical (unpaired) electrons. The predicted octanol–water partition coefficient (Wildman–Crippen LogP) is 2.88. The standard InChI is InChI=1S/C24H31N5O4S/c1-31-23(30)16-8-5-9-17(11-16)25-24(34)26-19-13-32-22-20(14-33-21(19)22)29-12-18(27-28-29)10-15-6-3-2-4-7-15/h5,8-9,11-12,15,19-22H,2-4,6-7,10,13-14H2,1H3,(H2,25,26,34)/t19-,20+,21-,22+/m1/s1. The summed E-state index contributed by atoms with van der Waals surface area (Å²) >= 11 is 5.50. The van der Waals surface area contributed by atoms with Gasteiger partial charge in [-0.15, -0.1) is 5.10 Å². The molecule has 0 bridgehead atoms. The van der Waals surface area contributed by atoms with Gasteiger partial charge in [-0.2, -0.15) is 0 Å². The zero-order valence-corrected chi connectivity index (χ0v) is 20.1. The lowest BCUT2D eigenvalue weighted by atomic mass is 9.86. The number of thiocarbonyl (C=S) groups is 1. The molecule has 10 heteroatoms. The first-order valence-electron chi connectivity index (χ1n) is 12.0. The van der Waals surface area contributed by atoms with Crippen LogP contribution < -0.4 is 10.6 Å². The van der Waals surface area contributed by atoms with Gasteiger partial charge in [0, 0.05) is 11.9 Å².